The Hall–Kier alpha value is -1.25. The molecule has 0 spiro atoms. The van der Waals surface area contributed by atoms with Crippen LogP contribution in [0, 0.1) is 11.8 Å². The van der Waals surface area contributed by atoms with Crippen LogP contribution in [0.3, 0.4) is 0 Å². The minimum atomic E-state index is -1.94. The van der Waals surface area contributed by atoms with E-state index < -0.39 is 38.0 Å². The van der Waals surface area contributed by atoms with E-state index in [1.54, 1.807) is 6.92 Å². The predicted octanol–water partition coefficient (Wildman–Crippen LogP) is 3.90. The molecule has 0 aliphatic carbocycles. The summed E-state index contributed by atoms with van der Waals surface area (Å²) in [7, 11) is -1.94. The molecule has 0 aromatic heterocycles. The number of aliphatic hydroxyl groups excluding tert-OH is 1. The molecule has 1 aromatic carbocycles. The van der Waals surface area contributed by atoms with Gasteiger partial charge in [-0.15, -0.1) is 0 Å². The zero-order valence-electron chi connectivity index (χ0n) is 20.1. The number of hydrogen-bond acceptors (Lipinski definition) is 6. The van der Waals surface area contributed by atoms with E-state index in [0.717, 1.165) is 5.56 Å². The Bertz CT molecular complexity index is 717. The van der Waals surface area contributed by atoms with Crippen LogP contribution in [0.4, 0.5) is 0 Å². The first-order valence-electron chi connectivity index (χ1n) is 11.1. The third-order valence-electron chi connectivity index (χ3n) is 6.97. The quantitative estimate of drug-likeness (QED) is 0.437. The van der Waals surface area contributed by atoms with Crippen molar-refractivity contribution in [2.75, 3.05) is 13.2 Å². The van der Waals surface area contributed by atoms with Gasteiger partial charge < -0.3 is 24.1 Å². The summed E-state index contributed by atoms with van der Waals surface area (Å²) in [6, 6.07) is 9.75. The van der Waals surface area contributed by atoms with E-state index in [1.165, 1.54) is 0 Å². The standard InChI is InChI=1S/C24H40O6Si/c1-17(14-29-31(6,7)23(3,4)5)20-13-24(27,21(25)22(26)30-20)18(2)15-28-16-19-11-9-8-10-12-19/h8-12,17-18,20-21,25,27H,13-16H2,1-7H3/t17-,18+,20?,21-,24-/m0/s1. The van der Waals surface area contributed by atoms with E-state index in [-0.39, 0.29) is 24.0 Å². The normalized spacial score (nSPS) is 26.9. The molecule has 0 radical (unpaired) electrons. The maximum absolute atomic E-state index is 12.4. The molecule has 1 saturated heterocycles. The lowest BCUT2D eigenvalue weighted by atomic mass is 9.76. The van der Waals surface area contributed by atoms with Gasteiger partial charge in [0, 0.05) is 24.9 Å². The fraction of sp³-hybridized carbons (Fsp3) is 0.708. The van der Waals surface area contributed by atoms with Gasteiger partial charge in [-0.05, 0) is 23.7 Å². The van der Waals surface area contributed by atoms with Crippen LogP contribution in [0.25, 0.3) is 0 Å². The average molecular weight is 453 g/mol. The lowest BCUT2D eigenvalue weighted by Crippen LogP contribution is -2.60. The van der Waals surface area contributed by atoms with Crippen LogP contribution in [0.5, 0.6) is 0 Å². The topological polar surface area (TPSA) is 85.2 Å². The molecule has 2 rings (SSSR count). The van der Waals surface area contributed by atoms with Gasteiger partial charge in [0.15, 0.2) is 14.4 Å². The van der Waals surface area contributed by atoms with Crippen LogP contribution in [-0.4, -0.2) is 55.5 Å². The molecule has 6 nitrogen and oxygen atoms in total. The Morgan fingerprint density at radius 1 is 1.19 bits per heavy atom. The van der Waals surface area contributed by atoms with Gasteiger partial charge in [0.05, 0.1) is 13.2 Å². The van der Waals surface area contributed by atoms with Crippen LogP contribution in [0.2, 0.25) is 18.1 Å². The number of rotatable bonds is 9. The molecule has 1 aliphatic heterocycles. The van der Waals surface area contributed by atoms with Gasteiger partial charge in [-0.2, -0.15) is 0 Å². The molecular weight excluding hydrogens is 412 g/mol. The Balaban J connectivity index is 1.99. The van der Waals surface area contributed by atoms with Crippen molar-refractivity contribution >= 4 is 14.3 Å². The average Bonchev–Trinajstić information content (AvgIpc) is 2.69. The molecule has 1 aliphatic rings. The molecule has 1 fully saturated rings. The van der Waals surface area contributed by atoms with Crippen molar-refractivity contribution in [3.8, 4) is 0 Å². The second kappa shape index (κ2) is 10.1. The first kappa shape index (κ1) is 26.0. The smallest absolute Gasteiger partial charge is 0.338 e. The summed E-state index contributed by atoms with van der Waals surface area (Å²) in [6.07, 6.45) is -1.97. The fourth-order valence-corrected chi connectivity index (χ4v) is 4.53. The summed E-state index contributed by atoms with van der Waals surface area (Å²) in [5.41, 5.74) is -0.582. The second-order valence-electron chi connectivity index (χ2n) is 10.5. The summed E-state index contributed by atoms with van der Waals surface area (Å²) < 4.78 is 17.5. The molecule has 0 bridgehead atoms. The number of cyclic esters (lactones) is 1. The maximum atomic E-state index is 12.4. The Kier molecular flexibility index (Phi) is 8.50. The minimum absolute atomic E-state index is 0.0809. The van der Waals surface area contributed by atoms with Crippen LogP contribution in [0.15, 0.2) is 30.3 Å². The van der Waals surface area contributed by atoms with Crippen molar-refractivity contribution in [3.63, 3.8) is 0 Å². The number of esters is 1. The number of aliphatic hydroxyl groups is 2. The van der Waals surface area contributed by atoms with Gasteiger partial charge in [-0.3, -0.25) is 0 Å². The van der Waals surface area contributed by atoms with Gasteiger partial charge in [-0.1, -0.05) is 65.0 Å². The summed E-state index contributed by atoms with van der Waals surface area (Å²) in [5.74, 6) is -1.34. The number of carbonyl (C=O) groups excluding carboxylic acids is 1. The first-order valence-corrected chi connectivity index (χ1v) is 14.1. The number of carbonyl (C=O) groups is 1. The van der Waals surface area contributed by atoms with E-state index in [9.17, 15) is 15.0 Å². The number of hydrogen-bond donors (Lipinski definition) is 2. The molecule has 0 amide bonds. The molecule has 31 heavy (non-hydrogen) atoms. The molecule has 0 saturated carbocycles. The molecule has 7 heteroatoms. The fourth-order valence-electron chi connectivity index (χ4n) is 3.42. The monoisotopic (exact) mass is 452 g/mol. The van der Waals surface area contributed by atoms with Crippen LogP contribution in [0.1, 0.15) is 46.6 Å². The van der Waals surface area contributed by atoms with Crippen molar-refractivity contribution in [1.29, 1.82) is 0 Å². The van der Waals surface area contributed by atoms with Crippen molar-refractivity contribution < 1.29 is 28.9 Å². The second-order valence-corrected chi connectivity index (χ2v) is 15.3. The summed E-state index contributed by atoms with van der Waals surface area (Å²) in [6.45, 7) is 15.7. The zero-order valence-corrected chi connectivity index (χ0v) is 21.1. The van der Waals surface area contributed by atoms with Gasteiger partial charge in [0.25, 0.3) is 0 Å². The van der Waals surface area contributed by atoms with Gasteiger partial charge in [-0.25, -0.2) is 4.79 Å². The highest BCUT2D eigenvalue weighted by Crippen LogP contribution is 2.39. The van der Waals surface area contributed by atoms with Gasteiger partial charge in [0.1, 0.15) is 11.7 Å². The zero-order chi connectivity index (χ0) is 23.4. The molecule has 1 aromatic rings. The molecule has 176 valence electrons. The number of ether oxygens (including phenoxy) is 2. The summed E-state index contributed by atoms with van der Waals surface area (Å²) >= 11 is 0. The van der Waals surface area contributed by atoms with Crippen molar-refractivity contribution in [2.24, 2.45) is 11.8 Å². The Labute approximate surface area is 188 Å². The van der Waals surface area contributed by atoms with Crippen LogP contribution < -0.4 is 0 Å². The van der Waals surface area contributed by atoms with Gasteiger partial charge >= 0.3 is 5.97 Å². The summed E-state index contributed by atoms with van der Waals surface area (Å²) in [5, 5.41) is 21.8. The first-order chi connectivity index (χ1) is 14.3. The SMILES string of the molecule is C[C@H](COCc1ccccc1)[C@@]1(O)CC([C@@H](C)CO[Si](C)(C)C(C)(C)C)OC(=O)[C@@H]1O. The van der Waals surface area contributed by atoms with Gasteiger partial charge in [0.2, 0.25) is 0 Å². The molecular formula is C24H40O6Si. The van der Waals surface area contributed by atoms with E-state index in [0.29, 0.717) is 13.2 Å². The van der Waals surface area contributed by atoms with E-state index in [1.807, 2.05) is 37.3 Å². The molecule has 1 unspecified atom stereocenters. The van der Waals surface area contributed by atoms with E-state index >= 15 is 0 Å². The Morgan fingerprint density at radius 2 is 1.81 bits per heavy atom. The lowest BCUT2D eigenvalue weighted by Gasteiger charge is -2.45. The molecule has 5 atom stereocenters. The van der Waals surface area contributed by atoms with Crippen molar-refractivity contribution in [3.05, 3.63) is 35.9 Å². The van der Waals surface area contributed by atoms with Crippen LogP contribution >= 0.6 is 0 Å². The number of benzene rings is 1. The largest absolute Gasteiger partial charge is 0.460 e. The highest BCUT2D eigenvalue weighted by atomic mass is 28.4. The highest BCUT2D eigenvalue weighted by molar-refractivity contribution is 6.74. The predicted molar refractivity (Wildman–Crippen MR) is 123 cm³/mol. The minimum Gasteiger partial charge on any atom is -0.460 e. The lowest BCUT2D eigenvalue weighted by molar-refractivity contribution is -0.217. The third kappa shape index (κ3) is 6.39. The molecule has 1 heterocycles. The molecule has 2 N–H and O–H groups in total. The van der Waals surface area contributed by atoms with Crippen molar-refractivity contribution in [1.82, 2.24) is 0 Å². The Morgan fingerprint density at radius 3 is 2.39 bits per heavy atom. The maximum Gasteiger partial charge on any atom is 0.338 e. The van der Waals surface area contributed by atoms with E-state index in [4.69, 9.17) is 13.9 Å². The van der Waals surface area contributed by atoms with Crippen LogP contribution in [-0.2, 0) is 25.3 Å². The van der Waals surface area contributed by atoms with Crippen molar-refractivity contribution in [2.45, 2.75) is 83.6 Å². The summed E-state index contributed by atoms with van der Waals surface area (Å²) in [4.78, 5) is 12.4. The van der Waals surface area contributed by atoms with E-state index in [2.05, 4.69) is 33.9 Å². The highest BCUT2D eigenvalue weighted by Gasteiger charge is 2.53. The third-order valence-corrected chi connectivity index (χ3v) is 11.5.